The van der Waals surface area contributed by atoms with Gasteiger partial charge < -0.3 is 10.8 Å². The van der Waals surface area contributed by atoms with Gasteiger partial charge >= 0.3 is 0 Å². The summed E-state index contributed by atoms with van der Waals surface area (Å²) >= 11 is 0. The number of ketones is 1. The quantitative estimate of drug-likeness (QED) is 0.390. The molecule has 0 heterocycles. The zero-order chi connectivity index (χ0) is 16.0. The predicted octanol–water partition coefficient (Wildman–Crippen LogP) is 2.32. The molecule has 0 saturated carbocycles. The number of non-ortho nitro benzene ring substituents is 1. The molecule has 2 aromatic carbocycles. The van der Waals surface area contributed by atoms with E-state index >= 15 is 0 Å². The van der Waals surface area contributed by atoms with E-state index in [0.717, 1.165) is 12.7 Å². The van der Waals surface area contributed by atoms with E-state index in [1.165, 1.54) is 18.2 Å². The molecule has 0 aliphatic carbocycles. The highest BCUT2D eigenvalue weighted by Gasteiger charge is 2.13. The van der Waals surface area contributed by atoms with Crippen molar-refractivity contribution in [1.82, 2.24) is 0 Å². The minimum Gasteiger partial charge on any atom is -0.400 e. The molecule has 0 spiro atoms. The van der Waals surface area contributed by atoms with Crippen molar-refractivity contribution in [1.29, 1.82) is 0 Å². The fraction of sp³-hybridized carbons (Fsp3) is 0.133. The Morgan fingerprint density at radius 2 is 1.76 bits per heavy atom. The third-order valence-corrected chi connectivity index (χ3v) is 2.86. The van der Waals surface area contributed by atoms with Crippen molar-refractivity contribution in [3.05, 3.63) is 69.3 Å². The first-order valence-corrected chi connectivity index (χ1v) is 6.09. The minimum atomic E-state index is -0.527. The van der Waals surface area contributed by atoms with Crippen molar-refractivity contribution in [3.63, 3.8) is 0 Å². The van der Waals surface area contributed by atoms with E-state index in [2.05, 4.69) is 0 Å². The molecule has 6 heteroatoms. The second-order valence-corrected chi connectivity index (χ2v) is 4.21. The van der Waals surface area contributed by atoms with Crippen LogP contribution in [-0.4, -0.2) is 22.9 Å². The maximum Gasteiger partial charge on any atom is 0.270 e. The third kappa shape index (κ3) is 3.87. The fourth-order valence-corrected chi connectivity index (χ4v) is 1.71. The van der Waals surface area contributed by atoms with Crippen LogP contribution < -0.4 is 5.73 Å². The van der Waals surface area contributed by atoms with E-state index in [0.29, 0.717) is 11.3 Å². The van der Waals surface area contributed by atoms with Crippen molar-refractivity contribution in [2.75, 3.05) is 12.8 Å². The number of aliphatic hydroxyl groups excluding tert-OH is 1. The first-order chi connectivity index (χ1) is 9.99. The molecule has 0 amide bonds. The van der Waals surface area contributed by atoms with Gasteiger partial charge in [-0.3, -0.25) is 14.9 Å². The lowest BCUT2D eigenvalue weighted by atomic mass is 10.0. The average Bonchev–Trinajstić information content (AvgIpc) is 2.51. The Labute approximate surface area is 122 Å². The second kappa shape index (κ2) is 7.16. The molecule has 2 rings (SSSR count). The van der Waals surface area contributed by atoms with Gasteiger partial charge in [0.25, 0.3) is 5.69 Å². The summed E-state index contributed by atoms with van der Waals surface area (Å²) in [4.78, 5) is 22.4. The van der Waals surface area contributed by atoms with Gasteiger partial charge in [-0.2, -0.15) is 0 Å². The third-order valence-electron chi connectivity index (χ3n) is 2.86. The van der Waals surface area contributed by atoms with Crippen LogP contribution in [0.2, 0.25) is 0 Å². The molecular weight excluding hydrogens is 272 g/mol. The number of aryl methyl sites for hydroxylation is 1. The van der Waals surface area contributed by atoms with Gasteiger partial charge in [-0.15, -0.1) is 0 Å². The summed E-state index contributed by atoms with van der Waals surface area (Å²) in [5, 5.41) is 17.7. The topological polar surface area (TPSA) is 106 Å². The molecule has 3 N–H and O–H groups in total. The second-order valence-electron chi connectivity index (χ2n) is 4.21. The molecule has 0 bridgehead atoms. The zero-order valence-electron chi connectivity index (χ0n) is 11.7. The number of carbonyl (C=O) groups excluding carboxylic acids is 1. The lowest BCUT2D eigenvalue weighted by Gasteiger charge is -2.04. The highest BCUT2D eigenvalue weighted by Crippen LogP contribution is 2.19. The Kier molecular flexibility index (Phi) is 5.57. The first-order valence-electron chi connectivity index (χ1n) is 6.09. The number of nitrogens with two attached hydrogens (primary N) is 1. The predicted molar refractivity (Wildman–Crippen MR) is 80.3 cm³/mol. The molecule has 0 aromatic heterocycles. The number of nitrogens with zero attached hydrogens (tertiary/aromatic N) is 1. The van der Waals surface area contributed by atoms with Gasteiger partial charge in [0.2, 0.25) is 0 Å². The summed E-state index contributed by atoms with van der Waals surface area (Å²) in [6.45, 7) is 1.84. The van der Waals surface area contributed by atoms with Crippen LogP contribution in [0.4, 0.5) is 11.4 Å². The smallest absolute Gasteiger partial charge is 0.270 e. The summed E-state index contributed by atoms with van der Waals surface area (Å²) in [6.07, 6.45) is 0. The molecule has 0 fully saturated rings. The maximum atomic E-state index is 12.2. The van der Waals surface area contributed by atoms with Gasteiger partial charge in [-0.05, 0) is 18.6 Å². The standard InChI is InChI=1S/C14H12N2O3.CH4O/c1-9-5-6-11(8-13(9)15)14(17)10-3-2-4-12(7-10)16(18)19;1-2/h2-8H,15H2,1H3;2H,1H3. The van der Waals surface area contributed by atoms with Crippen LogP contribution in [0.5, 0.6) is 0 Å². The van der Waals surface area contributed by atoms with Crippen LogP contribution in [0.3, 0.4) is 0 Å². The summed E-state index contributed by atoms with van der Waals surface area (Å²) in [7, 11) is 1.00. The summed E-state index contributed by atoms with van der Waals surface area (Å²) in [5.41, 5.74) is 7.75. The van der Waals surface area contributed by atoms with Crippen molar-refractivity contribution in [2.24, 2.45) is 0 Å². The molecule has 0 aliphatic rings. The SMILES string of the molecule is CO.Cc1ccc(C(=O)c2cccc([N+](=O)[O-])c2)cc1N. The van der Waals surface area contributed by atoms with Crippen LogP contribution in [0.15, 0.2) is 42.5 Å². The van der Waals surface area contributed by atoms with Gasteiger partial charge in [0, 0.05) is 36.1 Å². The zero-order valence-corrected chi connectivity index (χ0v) is 11.7. The van der Waals surface area contributed by atoms with Gasteiger partial charge in [-0.25, -0.2) is 0 Å². The van der Waals surface area contributed by atoms with E-state index in [-0.39, 0.29) is 17.0 Å². The molecular formula is C15H16N2O4. The number of aliphatic hydroxyl groups is 1. The van der Waals surface area contributed by atoms with Crippen LogP contribution in [0.25, 0.3) is 0 Å². The fourth-order valence-electron chi connectivity index (χ4n) is 1.71. The molecule has 21 heavy (non-hydrogen) atoms. The van der Waals surface area contributed by atoms with Crippen LogP contribution in [0, 0.1) is 17.0 Å². The van der Waals surface area contributed by atoms with Gasteiger partial charge in [0.05, 0.1) is 4.92 Å². The van der Waals surface area contributed by atoms with Crippen molar-refractivity contribution < 1.29 is 14.8 Å². The highest BCUT2D eigenvalue weighted by atomic mass is 16.6. The summed E-state index contributed by atoms with van der Waals surface area (Å²) in [6, 6.07) is 10.6. The molecule has 0 aliphatic heterocycles. The molecule has 6 nitrogen and oxygen atoms in total. The lowest BCUT2D eigenvalue weighted by molar-refractivity contribution is -0.384. The van der Waals surface area contributed by atoms with E-state index in [4.69, 9.17) is 10.8 Å². The Bertz CT molecular complexity index is 668. The van der Waals surface area contributed by atoms with Gasteiger partial charge in [0.1, 0.15) is 0 Å². The largest absolute Gasteiger partial charge is 0.400 e. The number of nitro groups is 1. The monoisotopic (exact) mass is 288 g/mol. The highest BCUT2D eigenvalue weighted by molar-refractivity contribution is 6.09. The number of benzene rings is 2. The number of anilines is 1. The Hall–Kier alpha value is -2.73. The first kappa shape index (κ1) is 16.3. The van der Waals surface area contributed by atoms with Crippen molar-refractivity contribution in [3.8, 4) is 0 Å². The lowest BCUT2D eigenvalue weighted by Crippen LogP contribution is -2.03. The molecule has 0 radical (unpaired) electrons. The van der Waals surface area contributed by atoms with E-state index in [1.807, 2.05) is 6.92 Å². The number of hydrogen-bond donors (Lipinski definition) is 2. The van der Waals surface area contributed by atoms with E-state index in [1.54, 1.807) is 24.3 Å². The number of hydrogen-bond acceptors (Lipinski definition) is 5. The Balaban J connectivity index is 0.00000106. The van der Waals surface area contributed by atoms with Crippen LogP contribution in [-0.2, 0) is 0 Å². The maximum absolute atomic E-state index is 12.2. The van der Waals surface area contributed by atoms with Crippen molar-refractivity contribution >= 4 is 17.2 Å². The molecule has 0 atom stereocenters. The van der Waals surface area contributed by atoms with Gasteiger partial charge in [-0.1, -0.05) is 24.3 Å². The normalized spacial score (nSPS) is 9.48. The van der Waals surface area contributed by atoms with Crippen LogP contribution in [0.1, 0.15) is 21.5 Å². The van der Waals surface area contributed by atoms with Crippen molar-refractivity contribution in [2.45, 2.75) is 6.92 Å². The molecule has 0 saturated heterocycles. The van der Waals surface area contributed by atoms with Gasteiger partial charge in [0.15, 0.2) is 5.78 Å². The van der Waals surface area contributed by atoms with E-state index < -0.39 is 4.92 Å². The molecule has 110 valence electrons. The number of nitrogen functional groups attached to an aromatic ring is 1. The number of rotatable bonds is 3. The summed E-state index contributed by atoms with van der Waals surface area (Å²) < 4.78 is 0. The van der Waals surface area contributed by atoms with Crippen LogP contribution >= 0.6 is 0 Å². The number of nitro benzene ring substituents is 1. The minimum absolute atomic E-state index is 0.106. The van der Waals surface area contributed by atoms with E-state index in [9.17, 15) is 14.9 Å². The molecule has 2 aromatic rings. The molecule has 0 unspecified atom stereocenters. The summed E-state index contributed by atoms with van der Waals surface area (Å²) in [5.74, 6) is -0.282. The number of carbonyl (C=O) groups is 1. The Morgan fingerprint density at radius 1 is 1.14 bits per heavy atom. The average molecular weight is 288 g/mol. The Morgan fingerprint density at radius 3 is 2.33 bits per heavy atom.